The normalized spacial score (nSPS) is 9.85. The van der Waals surface area contributed by atoms with Crippen molar-refractivity contribution in [3.8, 4) is 5.95 Å². The van der Waals surface area contributed by atoms with Crippen LogP contribution in [0.2, 0.25) is 0 Å². The van der Waals surface area contributed by atoms with Crippen molar-refractivity contribution in [2.75, 3.05) is 0 Å². The number of aromatic nitrogens is 3. The molecule has 1 N–H and O–H groups in total. The van der Waals surface area contributed by atoms with Crippen LogP contribution in [0.4, 0.5) is 0 Å². The molecular formula is C9H8N4. The maximum atomic E-state index is 7.30. The Morgan fingerprint density at radius 2 is 1.69 bits per heavy atom. The highest BCUT2D eigenvalue weighted by Crippen LogP contribution is 1.95. The van der Waals surface area contributed by atoms with Crippen LogP contribution in [0.5, 0.6) is 0 Å². The maximum Gasteiger partial charge on any atom is 0.233 e. The van der Waals surface area contributed by atoms with E-state index in [0.29, 0.717) is 11.3 Å². The molecule has 0 aliphatic rings. The molecule has 0 saturated carbocycles. The lowest BCUT2D eigenvalue weighted by Crippen LogP contribution is -2.04. The quantitative estimate of drug-likeness (QED) is 0.690. The molecule has 0 radical (unpaired) electrons. The third-order valence-corrected chi connectivity index (χ3v) is 1.61. The fourth-order valence-corrected chi connectivity index (χ4v) is 0.984. The Balaban J connectivity index is 2.48. The van der Waals surface area contributed by atoms with E-state index in [1.165, 1.54) is 0 Å². The lowest BCUT2D eigenvalue weighted by Gasteiger charge is -2.01. The van der Waals surface area contributed by atoms with E-state index < -0.39 is 0 Å². The first kappa shape index (κ1) is 7.67. The number of nitrogens with one attached hydrogen (secondary N) is 1. The number of pyridine rings is 1. The van der Waals surface area contributed by atoms with Crippen LogP contribution in [-0.2, 0) is 0 Å². The molecule has 13 heavy (non-hydrogen) atoms. The predicted molar refractivity (Wildman–Crippen MR) is 47.2 cm³/mol. The van der Waals surface area contributed by atoms with Crippen molar-refractivity contribution in [1.82, 2.24) is 14.5 Å². The highest BCUT2D eigenvalue weighted by Gasteiger charge is 1.92. The van der Waals surface area contributed by atoms with E-state index in [1.807, 2.05) is 0 Å². The van der Waals surface area contributed by atoms with Gasteiger partial charge in [-0.05, 0) is 18.2 Å². The zero-order valence-corrected chi connectivity index (χ0v) is 6.88. The summed E-state index contributed by atoms with van der Waals surface area (Å²) in [5.41, 5.74) is 0. The van der Waals surface area contributed by atoms with Gasteiger partial charge in [0.25, 0.3) is 0 Å². The zero-order valence-electron chi connectivity index (χ0n) is 6.88. The standard InChI is InChI=1S/C9H8N4/c10-8-2-6-13(7-3-8)9-11-4-1-5-12-9/h1-7,10H. The first-order valence-electron chi connectivity index (χ1n) is 3.86. The van der Waals surface area contributed by atoms with Crippen LogP contribution >= 0.6 is 0 Å². The van der Waals surface area contributed by atoms with Crippen molar-refractivity contribution in [1.29, 1.82) is 5.41 Å². The van der Waals surface area contributed by atoms with Gasteiger partial charge in [-0.2, -0.15) is 0 Å². The van der Waals surface area contributed by atoms with Gasteiger partial charge in [-0.25, -0.2) is 9.97 Å². The molecule has 0 aliphatic carbocycles. The Morgan fingerprint density at radius 1 is 1.08 bits per heavy atom. The third-order valence-electron chi connectivity index (χ3n) is 1.61. The highest BCUT2D eigenvalue weighted by molar-refractivity contribution is 5.11. The summed E-state index contributed by atoms with van der Waals surface area (Å²) in [5.74, 6) is 0.613. The minimum Gasteiger partial charge on any atom is -0.301 e. The van der Waals surface area contributed by atoms with Gasteiger partial charge in [-0.3, -0.25) is 4.57 Å². The van der Waals surface area contributed by atoms with Crippen molar-refractivity contribution < 1.29 is 0 Å². The number of nitrogens with zero attached hydrogens (tertiary/aromatic N) is 3. The summed E-state index contributed by atoms with van der Waals surface area (Å²) in [6.45, 7) is 0. The molecule has 0 amide bonds. The minimum atomic E-state index is 0.479. The maximum absolute atomic E-state index is 7.30. The largest absolute Gasteiger partial charge is 0.301 e. The molecule has 2 rings (SSSR count). The lowest BCUT2D eigenvalue weighted by molar-refractivity contribution is 0.911. The Hall–Kier alpha value is -1.97. The van der Waals surface area contributed by atoms with Crippen molar-refractivity contribution in [2.24, 2.45) is 0 Å². The summed E-state index contributed by atoms with van der Waals surface area (Å²) in [6, 6.07) is 5.15. The Morgan fingerprint density at radius 3 is 2.31 bits per heavy atom. The summed E-state index contributed by atoms with van der Waals surface area (Å²) >= 11 is 0. The molecule has 2 aromatic rings. The number of hydrogen-bond acceptors (Lipinski definition) is 3. The van der Waals surface area contributed by atoms with Gasteiger partial charge in [0.2, 0.25) is 5.95 Å². The summed E-state index contributed by atoms with van der Waals surface area (Å²) in [5, 5.41) is 7.78. The van der Waals surface area contributed by atoms with Crippen LogP contribution in [-0.4, -0.2) is 14.5 Å². The van der Waals surface area contributed by atoms with Crippen molar-refractivity contribution >= 4 is 0 Å². The summed E-state index contributed by atoms with van der Waals surface area (Å²) < 4.78 is 1.76. The summed E-state index contributed by atoms with van der Waals surface area (Å²) in [7, 11) is 0. The Labute approximate surface area is 75.0 Å². The van der Waals surface area contributed by atoms with E-state index in [-0.39, 0.29) is 0 Å². The zero-order chi connectivity index (χ0) is 9.10. The first-order chi connectivity index (χ1) is 6.36. The molecule has 2 heterocycles. The van der Waals surface area contributed by atoms with Crippen molar-refractivity contribution in [2.45, 2.75) is 0 Å². The first-order valence-corrected chi connectivity index (χ1v) is 3.86. The van der Waals surface area contributed by atoms with Gasteiger partial charge >= 0.3 is 0 Å². The highest BCUT2D eigenvalue weighted by atomic mass is 15.1. The molecule has 0 bridgehead atoms. The average molecular weight is 172 g/mol. The molecule has 0 atom stereocenters. The summed E-state index contributed by atoms with van der Waals surface area (Å²) in [4.78, 5) is 8.14. The van der Waals surface area contributed by atoms with Crippen molar-refractivity contribution in [3.05, 3.63) is 48.3 Å². The van der Waals surface area contributed by atoms with Crippen LogP contribution in [0.25, 0.3) is 5.95 Å². The smallest absolute Gasteiger partial charge is 0.233 e. The Kier molecular flexibility index (Phi) is 1.88. The van der Waals surface area contributed by atoms with Crippen LogP contribution < -0.4 is 5.36 Å². The van der Waals surface area contributed by atoms with Crippen LogP contribution in [0.3, 0.4) is 0 Å². The molecule has 0 fully saturated rings. The van der Waals surface area contributed by atoms with E-state index in [4.69, 9.17) is 5.41 Å². The van der Waals surface area contributed by atoms with E-state index in [9.17, 15) is 0 Å². The molecule has 4 nitrogen and oxygen atoms in total. The molecule has 2 aromatic heterocycles. The van der Waals surface area contributed by atoms with Crippen LogP contribution in [0.1, 0.15) is 0 Å². The number of hydrogen-bond donors (Lipinski definition) is 1. The predicted octanol–water partition coefficient (Wildman–Crippen LogP) is 0.747. The van der Waals surface area contributed by atoms with Crippen LogP contribution in [0, 0.1) is 5.41 Å². The van der Waals surface area contributed by atoms with Gasteiger partial charge in [0.1, 0.15) is 0 Å². The van der Waals surface area contributed by atoms with Gasteiger partial charge in [0.15, 0.2) is 0 Å². The summed E-state index contributed by atoms with van der Waals surface area (Å²) in [6.07, 6.45) is 6.89. The van der Waals surface area contributed by atoms with E-state index in [1.54, 1.807) is 47.6 Å². The third kappa shape index (κ3) is 1.61. The molecule has 0 unspecified atom stereocenters. The van der Waals surface area contributed by atoms with Gasteiger partial charge in [-0.1, -0.05) is 0 Å². The minimum absolute atomic E-state index is 0.479. The molecule has 0 aliphatic heterocycles. The SMILES string of the molecule is N=c1ccn(-c2ncccn2)cc1. The molecular weight excluding hydrogens is 164 g/mol. The van der Waals surface area contributed by atoms with Gasteiger partial charge in [0, 0.05) is 24.8 Å². The van der Waals surface area contributed by atoms with Gasteiger partial charge in [-0.15, -0.1) is 0 Å². The molecule has 0 spiro atoms. The van der Waals surface area contributed by atoms with E-state index >= 15 is 0 Å². The van der Waals surface area contributed by atoms with Crippen LogP contribution in [0.15, 0.2) is 43.0 Å². The molecule has 4 heteroatoms. The van der Waals surface area contributed by atoms with Gasteiger partial charge < -0.3 is 5.41 Å². The average Bonchev–Trinajstić information content (AvgIpc) is 2.20. The molecule has 0 aromatic carbocycles. The second-order valence-electron chi connectivity index (χ2n) is 2.54. The number of rotatable bonds is 1. The van der Waals surface area contributed by atoms with E-state index in [2.05, 4.69) is 9.97 Å². The Bertz CT molecular complexity index is 426. The molecule has 64 valence electrons. The van der Waals surface area contributed by atoms with Crippen molar-refractivity contribution in [3.63, 3.8) is 0 Å². The van der Waals surface area contributed by atoms with Gasteiger partial charge in [0.05, 0.1) is 5.36 Å². The fourth-order valence-electron chi connectivity index (χ4n) is 0.984. The topological polar surface area (TPSA) is 54.6 Å². The lowest BCUT2D eigenvalue weighted by atomic mass is 10.4. The van der Waals surface area contributed by atoms with E-state index in [0.717, 1.165) is 0 Å². The second-order valence-corrected chi connectivity index (χ2v) is 2.54. The monoisotopic (exact) mass is 172 g/mol. The second kappa shape index (κ2) is 3.18. The molecule has 0 saturated heterocycles. The fraction of sp³-hybridized carbons (Fsp3) is 0.